The van der Waals surface area contributed by atoms with Gasteiger partial charge in [0.25, 0.3) is 5.56 Å². The summed E-state index contributed by atoms with van der Waals surface area (Å²) in [5, 5.41) is 0.565. The van der Waals surface area contributed by atoms with Gasteiger partial charge < -0.3 is 4.90 Å². The third-order valence-electron chi connectivity index (χ3n) is 3.97. The molecule has 2 heterocycles. The molecule has 1 aliphatic rings. The van der Waals surface area contributed by atoms with E-state index in [4.69, 9.17) is 11.6 Å². The number of hydrogen-bond acceptors (Lipinski definition) is 3. The van der Waals surface area contributed by atoms with Crippen LogP contribution in [0.1, 0.15) is 18.5 Å². The van der Waals surface area contributed by atoms with E-state index in [1.807, 2.05) is 6.07 Å². The van der Waals surface area contributed by atoms with Crippen LogP contribution in [0.15, 0.2) is 35.1 Å². The van der Waals surface area contributed by atoms with E-state index in [0.717, 1.165) is 31.5 Å². The molecule has 0 unspecified atom stereocenters. The van der Waals surface area contributed by atoms with Gasteiger partial charge in [-0.25, -0.2) is 4.98 Å². The zero-order chi connectivity index (χ0) is 16.4. The summed E-state index contributed by atoms with van der Waals surface area (Å²) in [7, 11) is 0. The quantitative estimate of drug-likeness (QED) is 0.868. The highest BCUT2D eigenvalue weighted by Gasteiger charge is 2.20. The second kappa shape index (κ2) is 6.54. The van der Waals surface area contributed by atoms with E-state index in [-0.39, 0.29) is 18.0 Å². The minimum atomic E-state index is -0.222. The van der Waals surface area contributed by atoms with Crippen LogP contribution in [0.4, 0.5) is 0 Å². The number of rotatable bonds is 3. The molecule has 1 aromatic carbocycles. The Kier molecular flexibility index (Phi) is 4.48. The number of nitrogens with zero attached hydrogens (tertiary/aromatic N) is 3. The molecule has 1 saturated heterocycles. The normalized spacial score (nSPS) is 14.3. The lowest BCUT2D eigenvalue weighted by Crippen LogP contribution is -2.35. The number of hydrogen-bond donors (Lipinski definition) is 0. The van der Waals surface area contributed by atoms with E-state index in [1.54, 1.807) is 30.0 Å². The van der Waals surface area contributed by atoms with Crippen molar-refractivity contribution in [2.75, 3.05) is 13.1 Å². The fraction of sp³-hybridized carbons (Fsp3) is 0.353. The van der Waals surface area contributed by atoms with Crippen LogP contribution in [-0.4, -0.2) is 33.4 Å². The summed E-state index contributed by atoms with van der Waals surface area (Å²) in [5.41, 5.74) is 1.13. The van der Waals surface area contributed by atoms with E-state index in [2.05, 4.69) is 4.98 Å². The number of likely N-dealkylation sites (tertiary alicyclic amines) is 1. The van der Waals surface area contributed by atoms with Crippen molar-refractivity contribution in [3.63, 3.8) is 0 Å². The second-order valence-electron chi connectivity index (χ2n) is 5.74. The van der Waals surface area contributed by atoms with Crippen LogP contribution in [0.5, 0.6) is 0 Å². The molecule has 0 bridgehead atoms. The van der Waals surface area contributed by atoms with Crippen molar-refractivity contribution < 1.29 is 4.79 Å². The summed E-state index contributed by atoms with van der Waals surface area (Å²) in [5.74, 6) is 0.434. The average Bonchev–Trinajstić information content (AvgIpc) is 3.04. The molecule has 0 spiro atoms. The molecule has 3 rings (SSSR count). The van der Waals surface area contributed by atoms with Gasteiger partial charge in [-0.05, 0) is 31.9 Å². The molecule has 0 atom stereocenters. The molecule has 0 aliphatic carbocycles. The molecule has 5 nitrogen and oxygen atoms in total. The van der Waals surface area contributed by atoms with Crippen molar-refractivity contribution in [2.24, 2.45) is 0 Å². The predicted octanol–water partition coefficient (Wildman–Crippen LogP) is 2.49. The molecule has 120 valence electrons. The lowest BCUT2D eigenvalue weighted by Gasteiger charge is -2.18. The maximum Gasteiger partial charge on any atom is 0.254 e. The van der Waals surface area contributed by atoms with Gasteiger partial charge in [0.1, 0.15) is 12.4 Å². The number of carbonyl (C=O) groups is 1. The SMILES string of the molecule is Cc1cc(=O)n(CC(=O)N2CCCC2)c(-c2cccc(Cl)c2)n1. The number of carbonyl (C=O) groups excluding carboxylic acids is 1. The van der Waals surface area contributed by atoms with Crippen molar-refractivity contribution in [2.45, 2.75) is 26.3 Å². The van der Waals surface area contributed by atoms with Gasteiger partial charge in [-0.3, -0.25) is 14.2 Å². The van der Waals surface area contributed by atoms with Crippen LogP contribution in [0.2, 0.25) is 5.02 Å². The topological polar surface area (TPSA) is 55.2 Å². The first-order valence-electron chi connectivity index (χ1n) is 7.67. The third-order valence-corrected chi connectivity index (χ3v) is 4.21. The van der Waals surface area contributed by atoms with Crippen LogP contribution >= 0.6 is 11.6 Å². The maximum atomic E-state index is 12.4. The zero-order valence-electron chi connectivity index (χ0n) is 13.0. The molecule has 6 heteroatoms. The Bertz CT molecular complexity index is 795. The molecular weight excluding hydrogens is 314 g/mol. The molecule has 1 fully saturated rings. The van der Waals surface area contributed by atoms with E-state index in [1.165, 1.54) is 10.6 Å². The summed E-state index contributed by atoms with van der Waals surface area (Å²) < 4.78 is 1.43. The number of halogens is 1. The first kappa shape index (κ1) is 15.7. The van der Waals surface area contributed by atoms with Crippen molar-refractivity contribution >= 4 is 17.5 Å². The summed E-state index contributed by atoms with van der Waals surface area (Å²) in [6, 6.07) is 8.60. The molecule has 2 aromatic rings. The van der Waals surface area contributed by atoms with Crippen LogP contribution in [0.3, 0.4) is 0 Å². The number of aryl methyl sites for hydroxylation is 1. The van der Waals surface area contributed by atoms with E-state index in [0.29, 0.717) is 16.5 Å². The van der Waals surface area contributed by atoms with E-state index in [9.17, 15) is 9.59 Å². The van der Waals surface area contributed by atoms with Gasteiger partial charge in [0.05, 0.1) is 0 Å². The smallest absolute Gasteiger partial charge is 0.254 e. The Balaban J connectivity index is 2.01. The molecular formula is C17H18ClN3O2. The highest BCUT2D eigenvalue weighted by molar-refractivity contribution is 6.30. The van der Waals surface area contributed by atoms with Crippen molar-refractivity contribution in [3.05, 3.63) is 51.4 Å². The van der Waals surface area contributed by atoms with Crippen LogP contribution < -0.4 is 5.56 Å². The standard InChI is InChI=1S/C17H18ClN3O2/c1-12-9-15(22)21(11-16(23)20-7-2-3-8-20)17(19-12)13-5-4-6-14(18)10-13/h4-6,9-10H,2-3,7-8,11H2,1H3. The van der Waals surface area contributed by atoms with Crippen LogP contribution in [-0.2, 0) is 11.3 Å². The fourth-order valence-corrected chi connectivity index (χ4v) is 3.01. The Morgan fingerprint density at radius 1 is 1.26 bits per heavy atom. The highest BCUT2D eigenvalue weighted by Crippen LogP contribution is 2.21. The predicted molar refractivity (Wildman–Crippen MR) is 89.5 cm³/mol. The first-order valence-corrected chi connectivity index (χ1v) is 8.04. The van der Waals surface area contributed by atoms with Crippen LogP contribution in [0, 0.1) is 6.92 Å². The summed E-state index contributed by atoms with van der Waals surface area (Å²) in [4.78, 5) is 31.1. The molecule has 1 aromatic heterocycles. The first-order chi connectivity index (χ1) is 11.0. The molecule has 1 aliphatic heterocycles. The Morgan fingerprint density at radius 2 is 2.00 bits per heavy atom. The lowest BCUT2D eigenvalue weighted by molar-refractivity contribution is -0.130. The Hall–Kier alpha value is -2.14. The number of aromatic nitrogens is 2. The van der Waals surface area contributed by atoms with E-state index >= 15 is 0 Å². The zero-order valence-corrected chi connectivity index (χ0v) is 13.7. The second-order valence-corrected chi connectivity index (χ2v) is 6.18. The largest absolute Gasteiger partial charge is 0.341 e. The average molecular weight is 332 g/mol. The summed E-state index contributed by atoms with van der Waals surface area (Å²) in [6.07, 6.45) is 2.04. The molecule has 1 amide bonds. The number of benzene rings is 1. The Labute approximate surface area is 139 Å². The van der Waals surface area contributed by atoms with Crippen molar-refractivity contribution in [1.82, 2.24) is 14.5 Å². The highest BCUT2D eigenvalue weighted by atomic mass is 35.5. The lowest BCUT2D eigenvalue weighted by atomic mass is 10.2. The molecule has 0 N–H and O–H groups in total. The molecule has 23 heavy (non-hydrogen) atoms. The summed E-state index contributed by atoms with van der Waals surface area (Å²) in [6.45, 7) is 3.30. The number of amides is 1. The monoisotopic (exact) mass is 331 g/mol. The fourth-order valence-electron chi connectivity index (χ4n) is 2.82. The van der Waals surface area contributed by atoms with Gasteiger partial charge >= 0.3 is 0 Å². The maximum absolute atomic E-state index is 12.4. The van der Waals surface area contributed by atoms with Gasteiger partial charge in [-0.2, -0.15) is 0 Å². The van der Waals surface area contributed by atoms with Crippen LogP contribution in [0.25, 0.3) is 11.4 Å². The summed E-state index contributed by atoms with van der Waals surface area (Å²) >= 11 is 6.05. The van der Waals surface area contributed by atoms with E-state index < -0.39 is 0 Å². The molecule has 0 saturated carbocycles. The van der Waals surface area contributed by atoms with Gasteiger partial charge in [0, 0.05) is 35.4 Å². The third kappa shape index (κ3) is 3.45. The van der Waals surface area contributed by atoms with Gasteiger partial charge in [-0.15, -0.1) is 0 Å². The van der Waals surface area contributed by atoms with Gasteiger partial charge in [-0.1, -0.05) is 23.7 Å². The van der Waals surface area contributed by atoms with Gasteiger partial charge in [0.2, 0.25) is 5.91 Å². The van der Waals surface area contributed by atoms with Gasteiger partial charge in [0.15, 0.2) is 0 Å². The minimum absolute atomic E-state index is 0.00790. The molecule has 0 radical (unpaired) electrons. The van der Waals surface area contributed by atoms with Crippen molar-refractivity contribution in [1.29, 1.82) is 0 Å². The Morgan fingerprint density at radius 3 is 2.70 bits per heavy atom. The van der Waals surface area contributed by atoms with Crippen molar-refractivity contribution in [3.8, 4) is 11.4 Å². The minimum Gasteiger partial charge on any atom is -0.341 e.